The first kappa shape index (κ1) is 13.1. The third-order valence-corrected chi connectivity index (χ3v) is 3.32. The van der Waals surface area contributed by atoms with Crippen molar-refractivity contribution in [2.45, 2.75) is 20.1 Å². The molecule has 0 aliphatic heterocycles. The van der Waals surface area contributed by atoms with E-state index in [0.717, 1.165) is 17.0 Å². The van der Waals surface area contributed by atoms with E-state index < -0.39 is 0 Å². The molecule has 0 saturated heterocycles. The number of hydrogen-bond donors (Lipinski definition) is 1. The molecule has 2 rings (SSSR count). The van der Waals surface area contributed by atoms with Crippen molar-refractivity contribution in [1.82, 2.24) is 5.32 Å². The largest absolute Gasteiger partial charge is 0.488 e. The van der Waals surface area contributed by atoms with Crippen molar-refractivity contribution in [2.75, 3.05) is 6.54 Å². The minimum absolute atomic E-state index is 0.258. The molecule has 18 heavy (non-hydrogen) atoms. The second kappa shape index (κ2) is 6.52. The number of ether oxygens (including phenoxy) is 1. The standard InChI is InChI=1S/C14H16FNOS/c1-2-16-9-11-6-12(15)8-13(7-11)17-10-14-4-3-5-18-14/h3-8,16H,2,9-10H2,1H3. The van der Waals surface area contributed by atoms with Crippen LogP contribution in [0.3, 0.4) is 0 Å². The van der Waals surface area contributed by atoms with Gasteiger partial charge in [-0.25, -0.2) is 4.39 Å². The highest BCUT2D eigenvalue weighted by Gasteiger charge is 2.02. The van der Waals surface area contributed by atoms with Gasteiger partial charge in [0.2, 0.25) is 0 Å². The highest BCUT2D eigenvalue weighted by atomic mass is 32.1. The number of benzene rings is 1. The van der Waals surface area contributed by atoms with Crippen LogP contribution in [0.2, 0.25) is 0 Å². The van der Waals surface area contributed by atoms with Crippen LogP contribution in [0, 0.1) is 5.82 Å². The SMILES string of the molecule is CCNCc1cc(F)cc(OCc2cccs2)c1. The van der Waals surface area contributed by atoms with E-state index in [9.17, 15) is 4.39 Å². The summed E-state index contributed by atoms with van der Waals surface area (Å²) in [7, 11) is 0. The topological polar surface area (TPSA) is 21.3 Å². The molecular weight excluding hydrogens is 249 g/mol. The van der Waals surface area contributed by atoms with E-state index in [1.54, 1.807) is 11.3 Å². The highest BCUT2D eigenvalue weighted by Crippen LogP contribution is 2.19. The van der Waals surface area contributed by atoms with Gasteiger partial charge in [0.15, 0.2) is 0 Å². The van der Waals surface area contributed by atoms with E-state index in [4.69, 9.17) is 4.74 Å². The molecule has 0 aliphatic rings. The van der Waals surface area contributed by atoms with E-state index in [0.29, 0.717) is 18.9 Å². The van der Waals surface area contributed by atoms with Gasteiger partial charge in [0.05, 0.1) is 0 Å². The van der Waals surface area contributed by atoms with Gasteiger partial charge in [-0.2, -0.15) is 0 Å². The fraction of sp³-hybridized carbons (Fsp3) is 0.286. The Bertz CT molecular complexity index is 485. The smallest absolute Gasteiger partial charge is 0.127 e. The number of halogens is 1. The van der Waals surface area contributed by atoms with Gasteiger partial charge in [0.1, 0.15) is 18.2 Å². The lowest BCUT2D eigenvalue weighted by molar-refractivity contribution is 0.307. The zero-order valence-electron chi connectivity index (χ0n) is 10.3. The minimum atomic E-state index is -0.258. The molecule has 0 saturated carbocycles. The summed E-state index contributed by atoms with van der Waals surface area (Å²) in [6.07, 6.45) is 0. The number of nitrogens with one attached hydrogen (secondary N) is 1. The molecule has 0 atom stereocenters. The molecule has 1 N–H and O–H groups in total. The van der Waals surface area contributed by atoms with E-state index in [-0.39, 0.29) is 5.82 Å². The first-order valence-electron chi connectivity index (χ1n) is 5.93. The molecule has 0 radical (unpaired) electrons. The average molecular weight is 265 g/mol. The Morgan fingerprint density at radius 2 is 2.22 bits per heavy atom. The first-order valence-corrected chi connectivity index (χ1v) is 6.81. The van der Waals surface area contributed by atoms with Gasteiger partial charge in [-0.15, -0.1) is 11.3 Å². The average Bonchev–Trinajstić information content (AvgIpc) is 2.86. The van der Waals surface area contributed by atoms with Crippen molar-refractivity contribution < 1.29 is 9.13 Å². The molecule has 2 nitrogen and oxygen atoms in total. The third kappa shape index (κ3) is 3.82. The maximum Gasteiger partial charge on any atom is 0.127 e. The zero-order chi connectivity index (χ0) is 12.8. The maximum atomic E-state index is 13.4. The lowest BCUT2D eigenvalue weighted by atomic mass is 10.2. The quantitative estimate of drug-likeness (QED) is 0.862. The van der Waals surface area contributed by atoms with Gasteiger partial charge in [-0.1, -0.05) is 13.0 Å². The van der Waals surface area contributed by atoms with E-state index in [2.05, 4.69) is 5.32 Å². The van der Waals surface area contributed by atoms with Gasteiger partial charge >= 0.3 is 0 Å². The monoisotopic (exact) mass is 265 g/mol. The van der Waals surface area contributed by atoms with Crippen LogP contribution in [0.5, 0.6) is 5.75 Å². The summed E-state index contributed by atoms with van der Waals surface area (Å²) < 4.78 is 19.0. The number of rotatable bonds is 6. The predicted molar refractivity (Wildman–Crippen MR) is 72.4 cm³/mol. The molecule has 0 aliphatic carbocycles. The van der Waals surface area contributed by atoms with Crippen molar-refractivity contribution >= 4 is 11.3 Å². The molecule has 0 amide bonds. The molecule has 2 aromatic rings. The van der Waals surface area contributed by atoms with Crippen LogP contribution in [-0.4, -0.2) is 6.54 Å². The minimum Gasteiger partial charge on any atom is -0.488 e. The van der Waals surface area contributed by atoms with Crippen molar-refractivity contribution in [2.24, 2.45) is 0 Å². The molecule has 4 heteroatoms. The second-order valence-corrected chi connectivity index (χ2v) is 4.98. The molecule has 0 fully saturated rings. The van der Waals surface area contributed by atoms with Crippen LogP contribution >= 0.6 is 11.3 Å². The molecule has 0 spiro atoms. The maximum absolute atomic E-state index is 13.4. The third-order valence-electron chi connectivity index (χ3n) is 2.47. The summed E-state index contributed by atoms with van der Waals surface area (Å²) in [5.41, 5.74) is 0.901. The fourth-order valence-corrected chi connectivity index (χ4v) is 2.24. The van der Waals surface area contributed by atoms with Gasteiger partial charge in [0, 0.05) is 17.5 Å². The molecular formula is C14H16FNOS. The zero-order valence-corrected chi connectivity index (χ0v) is 11.1. The van der Waals surface area contributed by atoms with Crippen LogP contribution in [-0.2, 0) is 13.2 Å². The summed E-state index contributed by atoms with van der Waals surface area (Å²) in [4.78, 5) is 1.13. The molecule has 1 aromatic carbocycles. The predicted octanol–water partition coefficient (Wildman–Crippen LogP) is 3.58. The Balaban J connectivity index is 2.00. The Morgan fingerprint density at radius 3 is 2.94 bits per heavy atom. The van der Waals surface area contributed by atoms with Crippen LogP contribution < -0.4 is 10.1 Å². The molecule has 1 aromatic heterocycles. The summed E-state index contributed by atoms with van der Waals surface area (Å²) in [6.45, 7) is 4.03. The van der Waals surface area contributed by atoms with Gasteiger partial charge < -0.3 is 10.1 Å². The van der Waals surface area contributed by atoms with Crippen LogP contribution in [0.25, 0.3) is 0 Å². The van der Waals surface area contributed by atoms with E-state index in [1.807, 2.05) is 30.5 Å². The highest BCUT2D eigenvalue weighted by molar-refractivity contribution is 7.09. The van der Waals surface area contributed by atoms with Crippen molar-refractivity contribution in [3.05, 3.63) is 52.0 Å². The van der Waals surface area contributed by atoms with Crippen molar-refractivity contribution in [3.63, 3.8) is 0 Å². The van der Waals surface area contributed by atoms with Gasteiger partial charge in [0.25, 0.3) is 0 Å². The van der Waals surface area contributed by atoms with Crippen LogP contribution in [0.15, 0.2) is 35.7 Å². The Kier molecular flexibility index (Phi) is 4.73. The lowest BCUT2D eigenvalue weighted by Crippen LogP contribution is -2.12. The summed E-state index contributed by atoms with van der Waals surface area (Å²) in [5.74, 6) is 0.322. The summed E-state index contributed by atoms with van der Waals surface area (Å²) in [5, 5.41) is 5.17. The van der Waals surface area contributed by atoms with Crippen molar-refractivity contribution in [1.29, 1.82) is 0 Å². The second-order valence-electron chi connectivity index (χ2n) is 3.94. The summed E-state index contributed by atoms with van der Waals surface area (Å²) >= 11 is 1.63. The van der Waals surface area contributed by atoms with E-state index in [1.165, 1.54) is 12.1 Å². The molecule has 0 unspecified atom stereocenters. The summed E-state index contributed by atoms with van der Waals surface area (Å²) in [6, 6.07) is 8.80. The first-order chi connectivity index (χ1) is 8.78. The van der Waals surface area contributed by atoms with Crippen LogP contribution in [0.1, 0.15) is 17.4 Å². The molecule has 96 valence electrons. The lowest BCUT2D eigenvalue weighted by Gasteiger charge is -2.08. The Labute approximate surface area is 110 Å². The normalized spacial score (nSPS) is 10.6. The Hall–Kier alpha value is -1.39. The molecule has 1 heterocycles. The molecule has 0 bridgehead atoms. The number of thiophene rings is 1. The van der Waals surface area contributed by atoms with Crippen LogP contribution in [0.4, 0.5) is 4.39 Å². The van der Waals surface area contributed by atoms with Gasteiger partial charge in [-0.3, -0.25) is 0 Å². The van der Waals surface area contributed by atoms with Crippen molar-refractivity contribution in [3.8, 4) is 5.75 Å². The number of hydrogen-bond acceptors (Lipinski definition) is 3. The van der Waals surface area contributed by atoms with E-state index >= 15 is 0 Å². The van der Waals surface area contributed by atoms with Gasteiger partial charge in [-0.05, 0) is 35.7 Å². The Morgan fingerprint density at radius 1 is 1.33 bits per heavy atom. The fourth-order valence-electron chi connectivity index (χ4n) is 1.62.